The SMILES string of the molecule is CCc1nnc(SCCC(=O)N(CC)CC)o1. The highest BCUT2D eigenvalue weighted by Crippen LogP contribution is 2.17. The molecule has 0 radical (unpaired) electrons. The van der Waals surface area contributed by atoms with E-state index in [4.69, 9.17) is 4.42 Å². The maximum absolute atomic E-state index is 11.7. The van der Waals surface area contributed by atoms with E-state index < -0.39 is 0 Å². The number of carbonyl (C=O) groups excluding carboxylic acids is 1. The average molecular weight is 257 g/mol. The summed E-state index contributed by atoms with van der Waals surface area (Å²) in [6.07, 6.45) is 1.25. The van der Waals surface area contributed by atoms with Crippen LogP contribution in [0.4, 0.5) is 0 Å². The summed E-state index contributed by atoms with van der Waals surface area (Å²) in [5.74, 6) is 1.50. The third-order valence-corrected chi connectivity index (χ3v) is 3.23. The van der Waals surface area contributed by atoms with Crippen LogP contribution in [0.25, 0.3) is 0 Å². The van der Waals surface area contributed by atoms with E-state index in [2.05, 4.69) is 10.2 Å². The first-order valence-corrected chi connectivity index (χ1v) is 6.92. The molecule has 0 atom stereocenters. The minimum absolute atomic E-state index is 0.178. The van der Waals surface area contributed by atoms with Crippen LogP contribution in [-0.4, -0.2) is 39.8 Å². The first-order valence-electron chi connectivity index (χ1n) is 5.94. The molecule has 0 fully saturated rings. The summed E-state index contributed by atoms with van der Waals surface area (Å²) < 4.78 is 5.34. The largest absolute Gasteiger partial charge is 0.416 e. The molecular formula is C11H19N3O2S. The van der Waals surface area contributed by atoms with E-state index in [0.29, 0.717) is 23.3 Å². The Morgan fingerprint density at radius 1 is 1.29 bits per heavy atom. The van der Waals surface area contributed by atoms with Crippen LogP contribution in [0.3, 0.4) is 0 Å². The molecule has 1 heterocycles. The van der Waals surface area contributed by atoms with E-state index in [9.17, 15) is 4.79 Å². The second-order valence-electron chi connectivity index (χ2n) is 3.48. The number of amides is 1. The van der Waals surface area contributed by atoms with Crippen LogP contribution in [-0.2, 0) is 11.2 Å². The van der Waals surface area contributed by atoms with Gasteiger partial charge in [0.05, 0.1) is 0 Å². The Morgan fingerprint density at radius 2 is 2.00 bits per heavy atom. The molecule has 17 heavy (non-hydrogen) atoms. The number of carbonyl (C=O) groups is 1. The van der Waals surface area contributed by atoms with E-state index in [1.807, 2.05) is 25.7 Å². The number of thioether (sulfide) groups is 1. The highest BCUT2D eigenvalue weighted by Gasteiger charge is 2.10. The van der Waals surface area contributed by atoms with Crippen LogP contribution in [0.1, 0.15) is 33.1 Å². The average Bonchev–Trinajstić information content (AvgIpc) is 2.78. The Kier molecular flexibility index (Phi) is 6.04. The van der Waals surface area contributed by atoms with Gasteiger partial charge in [0.1, 0.15) is 0 Å². The maximum Gasteiger partial charge on any atom is 0.276 e. The molecule has 0 saturated heterocycles. The summed E-state index contributed by atoms with van der Waals surface area (Å²) in [6.45, 7) is 7.47. The van der Waals surface area contributed by atoms with Crippen molar-refractivity contribution in [1.29, 1.82) is 0 Å². The first-order chi connectivity index (χ1) is 8.21. The van der Waals surface area contributed by atoms with Crippen molar-refractivity contribution >= 4 is 17.7 Å². The smallest absolute Gasteiger partial charge is 0.276 e. The van der Waals surface area contributed by atoms with Crippen molar-refractivity contribution in [3.8, 4) is 0 Å². The Morgan fingerprint density at radius 3 is 2.53 bits per heavy atom. The number of aryl methyl sites for hydroxylation is 1. The van der Waals surface area contributed by atoms with Crippen molar-refractivity contribution in [1.82, 2.24) is 15.1 Å². The van der Waals surface area contributed by atoms with Gasteiger partial charge in [0.2, 0.25) is 11.8 Å². The Labute approximate surface area is 106 Å². The van der Waals surface area contributed by atoms with Crippen molar-refractivity contribution in [2.75, 3.05) is 18.8 Å². The van der Waals surface area contributed by atoms with E-state index >= 15 is 0 Å². The molecule has 1 aromatic rings. The zero-order chi connectivity index (χ0) is 12.7. The van der Waals surface area contributed by atoms with Crippen LogP contribution < -0.4 is 0 Å². The lowest BCUT2D eigenvalue weighted by atomic mass is 10.4. The zero-order valence-electron chi connectivity index (χ0n) is 10.6. The fraction of sp³-hybridized carbons (Fsp3) is 0.727. The van der Waals surface area contributed by atoms with Crippen LogP contribution >= 0.6 is 11.8 Å². The fourth-order valence-electron chi connectivity index (χ4n) is 1.40. The number of hydrogen-bond donors (Lipinski definition) is 0. The molecule has 6 heteroatoms. The molecule has 0 aliphatic rings. The van der Waals surface area contributed by atoms with Gasteiger partial charge in [-0.3, -0.25) is 4.79 Å². The van der Waals surface area contributed by atoms with Crippen LogP contribution in [0.15, 0.2) is 9.64 Å². The van der Waals surface area contributed by atoms with E-state index in [1.54, 1.807) is 0 Å². The topological polar surface area (TPSA) is 59.2 Å². The minimum Gasteiger partial charge on any atom is -0.416 e. The molecule has 0 aromatic carbocycles. The summed E-state index contributed by atoms with van der Waals surface area (Å²) in [6, 6.07) is 0. The van der Waals surface area contributed by atoms with Crippen molar-refractivity contribution in [2.24, 2.45) is 0 Å². The second kappa shape index (κ2) is 7.32. The lowest BCUT2D eigenvalue weighted by molar-refractivity contribution is -0.130. The zero-order valence-corrected chi connectivity index (χ0v) is 11.4. The molecule has 0 saturated carbocycles. The summed E-state index contributed by atoms with van der Waals surface area (Å²) in [5, 5.41) is 8.31. The predicted octanol–water partition coefficient (Wildman–Crippen LogP) is 1.98. The molecule has 0 aliphatic heterocycles. The minimum atomic E-state index is 0.178. The Bertz CT molecular complexity index is 350. The van der Waals surface area contributed by atoms with Crippen molar-refractivity contribution in [3.05, 3.63) is 5.89 Å². The van der Waals surface area contributed by atoms with E-state index in [-0.39, 0.29) is 5.91 Å². The number of nitrogens with zero attached hydrogens (tertiary/aromatic N) is 3. The van der Waals surface area contributed by atoms with E-state index in [1.165, 1.54) is 11.8 Å². The summed E-state index contributed by atoms with van der Waals surface area (Å²) in [4.78, 5) is 13.5. The monoisotopic (exact) mass is 257 g/mol. The highest BCUT2D eigenvalue weighted by atomic mass is 32.2. The van der Waals surface area contributed by atoms with Crippen LogP contribution in [0, 0.1) is 0 Å². The van der Waals surface area contributed by atoms with Gasteiger partial charge in [0.15, 0.2) is 0 Å². The normalized spacial score (nSPS) is 10.5. The molecule has 1 amide bonds. The third kappa shape index (κ3) is 4.38. The molecule has 0 spiro atoms. The van der Waals surface area contributed by atoms with Crippen molar-refractivity contribution in [2.45, 2.75) is 38.8 Å². The molecule has 1 rings (SSSR count). The molecule has 1 aromatic heterocycles. The summed E-state index contributed by atoms with van der Waals surface area (Å²) in [5.41, 5.74) is 0. The van der Waals surface area contributed by atoms with Gasteiger partial charge < -0.3 is 9.32 Å². The van der Waals surface area contributed by atoms with Gasteiger partial charge in [0.25, 0.3) is 5.22 Å². The van der Waals surface area contributed by atoms with Gasteiger partial charge >= 0.3 is 0 Å². The molecular weight excluding hydrogens is 238 g/mol. The standard InChI is InChI=1S/C11H19N3O2S/c1-4-9-12-13-11(16-9)17-8-7-10(15)14(5-2)6-3/h4-8H2,1-3H3. The van der Waals surface area contributed by atoms with Crippen molar-refractivity contribution in [3.63, 3.8) is 0 Å². The number of hydrogen-bond acceptors (Lipinski definition) is 5. The fourth-order valence-corrected chi connectivity index (χ4v) is 2.10. The molecule has 96 valence electrons. The highest BCUT2D eigenvalue weighted by molar-refractivity contribution is 7.99. The molecule has 0 unspecified atom stereocenters. The summed E-state index contributed by atoms with van der Waals surface area (Å²) >= 11 is 1.44. The van der Waals surface area contributed by atoms with Gasteiger partial charge in [-0.25, -0.2) is 0 Å². The molecule has 5 nitrogen and oxygen atoms in total. The van der Waals surface area contributed by atoms with Crippen molar-refractivity contribution < 1.29 is 9.21 Å². The number of aromatic nitrogens is 2. The Hall–Kier alpha value is -1.04. The maximum atomic E-state index is 11.7. The Balaban J connectivity index is 2.29. The van der Waals surface area contributed by atoms with Gasteiger partial charge in [-0.05, 0) is 13.8 Å². The quantitative estimate of drug-likeness (QED) is 0.699. The second-order valence-corrected chi connectivity index (χ2v) is 4.53. The van der Waals surface area contributed by atoms with Crippen LogP contribution in [0.5, 0.6) is 0 Å². The van der Waals surface area contributed by atoms with Gasteiger partial charge in [-0.15, -0.1) is 10.2 Å². The molecule has 0 bridgehead atoms. The third-order valence-electron chi connectivity index (χ3n) is 2.41. The number of rotatable bonds is 7. The van der Waals surface area contributed by atoms with Gasteiger partial charge in [-0.1, -0.05) is 18.7 Å². The molecule has 0 aliphatic carbocycles. The van der Waals surface area contributed by atoms with Gasteiger partial charge in [0, 0.05) is 31.7 Å². The van der Waals surface area contributed by atoms with Gasteiger partial charge in [-0.2, -0.15) is 0 Å². The lowest BCUT2D eigenvalue weighted by Crippen LogP contribution is -2.30. The predicted molar refractivity (Wildman–Crippen MR) is 66.9 cm³/mol. The van der Waals surface area contributed by atoms with Crippen LogP contribution in [0.2, 0.25) is 0 Å². The lowest BCUT2D eigenvalue weighted by Gasteiger charge is -2.17. The summed E-state index contributed by atoms with van der Waals surface area (Å²) in [7, 11) is 0. The molecule has 0 N–H and O–H groups in total. The van der Waals surface area contributed by atoms with E-state index in [0.717, 1.165) is 19.5 Å². The first kappa shape index (κ1) is 14.0.